The number of hydrogen-bond donors (Lipinski definition) is 0. The van der Waals surface area contributed by atoms with Gasteiger partial charge in [-0.25, -0.2) is 0 Å². The van der Waals surface area contributed by atoms with Crippen molar-refractivity contribution in [2.75, 3.05) is 19.8 Å². The van der Waals surface area contributed by atoms with Crippen LogP contribution in [0.25, 0.3) is 0 Å². The highest BCUT2D eigenvalue weighted by Crippen LogP contribution is 2.09. The smallest absolute Gasteiger partial charge is 0.104 e. The first-order chi connectivity index (χ1) is 8.43. The van der Waals surface area contributed by atoms with Crippen LogP contribution in [0, 0.1) is 0 Å². The first-order valence-corrected chi connectivity index (χ1v) is 6.63. The summed E-state index contributed by atoms with van der Waals surface area (Å²) < 4.78 is 10.4. The van der Waals surface area contributed by atoms with Crippen molar-refractivity contribution in [1.82, 2.24) is 0 Å². The molecule has 1 aromatic carbocycles. The molecule has 2 nitrogen and oxygen atoms in total. The second kappa shape index (κ2) is 10.3. The zero-order valence-corrected chi connectivity index (χ0v) is 10.8. The zero-order chi connectivity index (χ0) is 12.2. The maximum absolute atomic E-state index is 5.38. The maximum atomic E-state index is 5.38. The van der Waals surface area contributed by atoms with Gasteiger partial charge in [-0.2, -0.15) is 0 Å². The second-order valence-corrected chi connectivity index (χ2v) is 4.25. The van der Waals surface area contributed by atoms with Crippen molar-refractivity contribution in [3.8, 4) is 0 Å². The van der Waals surface area contributed by atoms with Crippen LogP contribution in [0.15, 0.2) is 36.4 Å². The third-order valence-corrected chi connectivity index (χ3v) is 2.52. The summed E-state index contributed by atoms with van der Waals surface area (Å²) in [7, 11) is 0. The fourth-order valence-corrected chi connectivity index (χ4v) is 1.39. The van der Waals surface area contributed by atoms with Gasteiger partial charge >= 0.3 is 0 Å². The lowest BCUT2D eigenvalue weighted by atomic mass is 10.2. The fourth-order valence-electron chi connectivity index (χ4n) is 1.39. The Morgan fingerprint density at radius 2 is 1.59 bits per heavy atom. The quantitative estimate of drug-likeness (QED) is 0.532. The van der Waals surface area contributed by atoms with Gasteiger partial charge in [0, 0.05) is 6.61 Å². The molecule has 1 fully saturated rings. The van der Waals surface area contributed by atoms with Gasteiger partial charge in [-0.15, -0.1) is 0 Å². The monoisotopic (exact) mass is 236 g/mol. The molecule has 0 aromatic heterocycles. The Morgan fingerprint density at radius 1 is 1.00 bits per heavy atom. The summed E-state index contributed by atoms with van der Waals surface area (Å²) in [6.45, 7) is 4.86. The molecule has 0 N–H and O–H groups in total. The van der Waals surface area contributed by atoms with Crippen LogP contribution in [0.4, 0.5) is 0 Å². The van der Waals surface area contributed by atoms with Crippen molar-refractivity contribution >= 4 is 0 Å². The molecule has 1 saturated heterocycles. The highest BCUT2D eigenvalue weighted by molar-refractivity contribution is 4.99. The molecule has 1 heterocycles. The number of rotatable bonds is 7. The molecule has 0 amide bonds. The number of ether oxygens (including phenoxy) is 2. The summed E-state index contributed by atoms with van der Waals surface area (Å²) in [6.07, 6.45) is 5.58. The van der Waals surface area contributed by atoms with Crippen LogP contribution in [0.1, 0.15) is 32.6 Å². The molecule has 1 aromatic rings. The largest absolute Gasteiger partial charge is 0.379 e. The molecule has 1 unspecified atom stereocenters. The van der Waals surface area contributed by atoms with Gasteiger partial charge in [0.05, 0.1) is 13.2 Å². The van der Waals surface area contributed by atoms with E-state index >= 15 is 0 Å². The zero-order valence-electron chi connectivity index (χ0n) is 10.8. The van der Waals surface area contributed by atoms with Gasteiger partial charge in [0.2, 0.25) is 0 Å². The molecule has 1 atom stereocenters. The molecular formula is C15H24O2. The van der Waals surface area contributed by atoms with Crippen molar-refractivity contribution < 1.29 is 9.47 Å². The minimum absolute atomic E-state index is 0.432. The summed E-state index contributed by atoms with van der Waals surface area (Å²) in [4.78, 5) is 0. The Labute approximate surface area is 105 Å². The topological polar surface area (TPSA) is 21.8 Å². The lowest BCUT2D eigenvalue weighted by Crippen LogP contribution is -2.02. The Balaban J connectivity index is 0.000000202. The molecule has 1 aliphatic rings. The van der Waals surface area contributed by atoms with Gasteiger partial charge in [0.1, 0.15) is 6.10 Å². The predicted molar refractivity (Wildman–Crippen MR) is 71.1 cm³/mol. The van der Waals surface area contributed by atoms with Crippen LogP contribution in [-0.2, 0) is 9.47 Å². The van der Waals surface area contributed by atoms with Crippen LogP contribution in [0.3, 0.4) is 0 Å². The highest BCUT2D eigenvalue weighted by Gasteiger charge is 2.21. The average molecular weight is 236 g/mol. The Morgan fingerprint density at radius 3 is 2.06 bits per heavy atom. The predicted octanol–water partition coefficient (Wildman–Crippen LogP) is 3.67. The Hall–Kier alpha value is -0.860. The first kappa shape index (κ1) is 14.2. The minimum atomic E-state index is 0.432. The highest BCUT2D eigenvalue weighted by atomic mass is 16.6. The number of benzene rings is 1. The van der Waals surface area contributed by atoms with E-state index in [1.807, 2.05) is 36.4 Å². The van der Waals surface area contributed by atoms with E-state index in [0.29, 0.717) is 6.10 Å². The number of unbranched alkanes of at least 4 members (excludes halogenated alkanes) is 3. The van der Waals surface area contributed by atoms with E-state index in [1.54, 1.807) is 0 Å². The summed E-state index contributed by atoms with van der Waals surface area (Å²) >= 11 is 0. The summed E-state index contributed by atoms with van der Waals surface area (Å²) in [6, 6.07) is 12.0. The molecule has 0 saturated carbocycles. The van der Waals surface area contributed by atoms with Crippen molar-refractivity contribution in [2.24, 2.45) is 0 Å². The number of epoxide rings is 1. The average Bonchev–Trinajstić information content (AvgIpc) is 3.21. The minimum Gasteiger partial charge on any atom is -0.379 e. The lowest BCUT2D eigenvalue weighted by molar-refractivity contribution is 0.113. The van der Waals surface area contributed by atoms with Crippen LogP contribution in [0.2, 0.25) is 0 Å². The Bertz CT molecular complexity index is 218. The van der Waals surface area contributed by atoms with Crippen molar-refractivity contribution in [2.45, 2.75) is 38.7 Å². The van der Waals surface area contributed by atoms with Gasteiger partial charge in [-0.1, -0.05) is 62.6 Å². The van der Waals surface area contributed by atoms with Crippen molar-refractivity contribution in [3.63, 3.8) is 0 Å². The normalized spacial score (nSPS) is 17.1. The molecule has 0 bridgehead atoms. The van der Waals surface area contributed by atoms with E-state index in [-0.39, 0.29) is 0 Å². The lowest BCUT2D eigenvalue weighted by Gasteiger charge is -2.00. The van der Waals surface area contributed by atoms with Crippen LogP contribution in [-0.4, -0.2) is 25.9 Å². The summed E-state index contributed by atoms with van der Waals surface area (Å²) in [5.74, 6) is 0. The molecule has 1 aliphatic heterocycles. The van der Waals surface area contributed by atoms with Gasteiger partial charge in [0.15, 0.2) is 0 Å². The molecule has 0 radical (unpaired) electrons. The Kier molecular flexibility index (Phi) is 8.61. The van der Waals surface area contributed by atoms with Crippen molar-refractivity contribution in [1.29, 1.82) is 0 Å². The molecule has 2 rings (SSSR count). The number of hydrogen-bond acceptors (Lipinski definition) is 2. The van der Waals surface area contributed by atoms with E-state index in [9.17, 15) is 0 Å². The standard InChI is InChI=1S/C9H18O2.C6H6/c1-2-3-4-5-6-10-7-9-8-11-9;1-2-4-6-5-3-1/h9H,2-8H2,1H3;1-6H. The fraction of sp³-hybridized carbons (Fsp3) is 0.600. The second-order valence-electron chi connectivity index (χ2n) is 4.25. The van der Waals surface area contributed by atoms with Crippen LogP contribution in [0.5, 0.6) is 0 Å². The van der Waals surface area contributed by atoms with E-state index in [4.69, 9.17) is 9.47 Å². The van der Waals surface area contributed by atoms with Crippen LogP contribution < -0.4 is 0 Å². The van der Waals surface area contributed by atoms with Gasteiger partial charge in [-0.3, -0.25) is 0 Å². The van der Waals surface area contributed by atoms with Crippen molar-refractivity contribution in [3.05, 3.63) is 36.4 Å². The third-order valence-electron chi connectivity index (χ3n) is 2.52. The maximum Gasteiger partial charge on any atom is 0.104 e. The molecule has 2 heteroatoms. The van der Waals surface area contributed by atoms with E-state index < -0.39 is 0 Å². The van der Waals surface area contributed by atoms with Gasteiger partial charge < -0.3 is 9.47 Å². The van der Waals surface area contributed by atoms with Crippen LogP contribution >= 0.6 is 0 Å². The molecule has 17 heavy (non-hydrogen) atoms. The van der Waals surface area contributed by atoms with Gasteiger partial charge in [-0.05, 0) is 6.42 Å². The van der Waals surface area contributed by atoms with E-state index in [0.717, 1.165) is 19.8 Å². The molecule has 0 aliphatic carbocycles. The van der Waals surface area contributed by atoms with Gasteiger partial charge in [0.25, 0.3) is 0 Å². The van der Waals surface area contributed by atoms with E-state index in [2.05, 4.69) is 6.92 Å². The summed E-state index contributed by atoms with van der Waals surface area (Å²) in [5.41, 5.74) is 0. The molecule has 0 spiro atoms. The summed E-state index contributed by atoms with van der Waals surface area (Å²) in [5, 5.41) is 0. The molecule has 96 valence electrons. The van der Waals surface area contributed by atoms with E-state index in [1.165, 1.54) is 25.7 Å². The third kappa shape index (κ3) is 10.0. The first-order valence-electron chi connectivity index (χ1n) is 6.63. The SMILES string of the molecule is CCCCCCOCC1CO1.c1ccccc1. The molecular weight excluding hydrogens is 212 g/mol.